The standard InChI is InChI=1S/C38H78O6S3/c1-9-35(31-27-23-19-17-21-25-29-33-37(39-11-3,40-12-4)41-13-5)45-47-46-36(10-2)32-28-24-20-18-22-26-30-34-38(42-14-6,43-15-7)44-16-8/h35-36H,9-34H2,1-8H3. The van der Waals surface area contributed by atoms with Crippen molar-refractivity contribution in [2.75, 3.05) is 39.6 Å². The molecule has 0 aliphatic rings. The Bertz CT molecular complexity index is 559. The second-order valence-corrected chi connectivity index (χ2v) is 17.0. The SMILES string of the molecule is CCOC(CCCCCCCCCC(CC)SSSC(CC)CCCCCCCCCC(OCC)(OCC)OCC)(OCC)OCC. The highest BCUT2D eigenvalue weighted by atomic mass is 33.5. The summed E-state index contributed by atoms with van der Waals surface area (Å²) in [4.78, 5) is 0. The Morgan fingerprint density at radius 1 is 0.362 bits per heavy atom. The molecule has 0 aliphatic heterocycles. The van der Waals surface area contributed by atoms with E-state index in [9.17, 15) is 0 Å². The second-order valence-electron chi connectivity index (χ2n) is 12.3. The predicted molar refractivity (Wildman–Crippen MR) is 209 cm³/mol. The van der Waals surface area contributed by atoms with Crippen LogP contribution in [0, 0.1) is 0 Å². The smallest absolute Gasteiger partial charge is 0.282 e. The molecule has 284 valence electrons. The normalized spacial score (nSPS) is 13.8. The van der Waals surface area contributed by atoms with Crippen LogP contribution in [0.2, 0.25) is 0 Å². The number of rotatable bonds is 38. The summed E-state index contributed by atoms with van der Waals surface area (Å²) in [7, 11) is 6.34. The van der Waals surface area contributed by atoms with Crippen LogP contribution in [0.1, 0.15) is 184 Å². The maximum absolute atomic E-state index is 5.85. The molecule has 6 nitrogen and oxygen atoms in total. The summed E-state index contributed by atoms with van der Waals surface area (Å²) in [5.41, 5.74) is 0. The van der Waals surface area contributed by atoms with E-state index in [0.717, 1.165) is 36.2 Å². The molecular weight excluding hydrogens is 649 g/mol. The van der Waals surface area contributed by atoms with Crippen LogP contribution in [0.15, 0.2) is 0 Å². The van der Waals surface area contributed by atoms with E-state index in [1.165, 1.54) is 103 Å². The fourth-order valence-corrected chi connectivity index (χ4v) is 11.6. The van der Waals surface area contributed by atoms with Crippen molar-refractivity contribution in [3.8, 4) is 0 Å². The fraction of sp³-hybridized carbons (Fsp3) is 1.00. The van der Waals surface area contributed by atoms with Gasteiger partial charge in [-0.2, -0.15) is 0 Å². The Kier molecular flexibility index (Phi) is 34.5. The summed E-state index contributed by atoms with van der Waals surface area (Å²) in [6, 6.07) is 0. The summed E-state index contributed by atoms with van der Waals surface area (Å²) in [5.74, 6) is -1.68. The third-order valence-electron chi connectivity index (χ3n) is 8.47. The molecule has 2 unspecified atom stereocenters. The minimum Gasteiger partial charge on any atom is -0.328 e. The molecule has 0 aromatic rings. The van der Waals surface area contributed by atoms with Crippen LogP contribution in [0.5, 0.6) is 0 Å². The highest BCUT2D eigenvalue weighted by Crippen LogP contribution is 2.44. The van der Waals surface area contributed by atoms with Crippen molar-refractivity contribution in [2.45, 2.75) is 206 Å². The largest absolute Gasteiger partial charge is 0.328 e. The van der Waals surface area contributed by atoms with Gasteiger partial charge in [0.2, 0.25) is 0 Å². The highest BCUT2D eigenvalue weighted by Gasteiger charge is 2.32. The van der Waals surface area contributed by atoms with Crippen molar-refractivity contribution in [3.63, 3.8) is 0 Å². The van der Waals surface area contributed by atoms with Crippen molar-refractivity contribution in [3.05, 3.63) is 0 Å². The molecule has 2 atom stereocenters. The topological polar surface area (TPSA) is 55.4 Å². The molecule has 0 spiro atoms. The molecular formula is C38H78O6S3. The Labute approximate surface area is 304 Å². The van der Waals surface area contributed by atoms with Crippen LogP contribution in [-0.4, -0.2) is 62.1 Å². The number of unbranched alkanes of at least 4 members (excludes halogenated alkanes) is 12. The summed E-state index contributed by atoms with van der Waals surface area (Å²) >= 11 is 0. The number of hydrogen-bond donors (Lipinski definition) is 0. The minimum atomic E-state index is -0.840. The first kappa shape index (κ1) is 47.8. The quantitative estimate of drug-likeness (QED) is 0.0351. The van der Waals surface area contributed by atoms with E-state index in [1.807, 2.05) is 41.5 Å². The van der Waals surface area contributed by atoms with Crippen molar-refractivity contribution >= 4 is 31.4 Å². The first-order valence-electron chi connectivity index (χ1n) is 19.8. The van der Waals surface area contributed by atoms with Gasteiger partial charge in [-0.15, -0.1) is 0 Å². The first-order chi connectivity index (χ1) is 22.9. The van der Waals surface area contributed by atoms with Crippen molar-refractivity contribution in [1.82, 2.24) is 0 Å². The molecule has 0 fully saturated rings. The molecule has 0 N–H and O–H groups in total. The van der Waals surface area contributed by atoms with E-state index in [1.54, 1.807) is 0 Å². The van der Waals surface area contributed by atoms with Crippen LogP contribution < -0.4 is 0 Å². The lowest BCUT2D eigenvalue weighted by atomic mass is 10.1. The number of hydrogen-bond acceptors (Lipinski definition) is 9. The van der Waals surface area contributed by atoms with Crippen LogP contribution in [0.4, 0.5) is 0 Å². The monoisotopic (exact) mass is 726 g/mol. The molecule has 0 rings (SSSR count). The summed E-state index contributed by atoms with van der Waals surface area (Å²) in [5, 5.41) is 1.57. The van der Waals surface area contributed by atoms with Gasteiger partial charge in [0.15, 0.2) is 0 Å². The average Bonchev–Trinajstić information content (AvgIpc) is 3.05. The summed E-state index contributed by atoms with van der Waals surface area (Å²) in [6.45, 7) is 20.4. The zero-order chi connectivity index (χ0) is 34.9. The van der Waals surface area contributed by atoms with Gasteiger partial charge in [-0.3, -0.25) is 0 Å². The van der Waals surface area contributed by atoms with Crippen molar-refractivity contribution < 1.29 is 28.4 Å². The lowest BCUT2D eigenvalue weighted by Gasteiger charge is -2.32. The third-order valence-corrected chi connectivity index (χ3v) is 13.8. The lowest BCUT2D eigenvalue weighted by molar-refractivity contribution is -0.380. The average molecular weight is 727 g/mol. The maximum Gasteiger partial charge on any atom is 0.282 e. The molecule has 0 amide bonds. The van der Waals surface area contributed by atoms with Gasteiger partial charge in [0.05, 0.1) is 0 Å². The van der Waals surface area contributed by atoms with E-state index in [0.29, 0.717) is 39.6 Å². The van der Waals surface area contributed by atoms with Gasteiger partial charge in [-0.25, -0.2) is 0 Å². The van der Waals surface area contributed by atoms with E-state index < -0.39 is 11.9 Å². The highest BCUT2D eigenvalue weighted by molar-refractivity contribution is 9.09. The van der Waals surface area contributed by atoms with E-state index in [-0.39, 0.29) is 0 Å². The van der Waals surface area contributed by atoms with Gasteiger partial charge in [-0.1, -0.05) is 112 Å². The zero-order valence-electron chi connectivity index (χ0n) is 32.2. The van der Waals surface area contributed by atoms with E-state index >= 15 is 0 Å². The molecule has 0 aliphatic carbocycles. The molecule has 0 bridgehead atoms. The van der Waals surface area contributed by atoms with Gasteiger partial charge in [0.1, 0.15) is 0 Å². The van der Waals surface area contributed by atoms with Crippen LogP contribution in [0.25, 0.3) is 0 Å². The molecule has 0 radical (unpaired) electrons. The minimum absolute atomic E-state index is 0.609. The van der Waals surface area contributed by atoms with Gasteiger partial charge >= 0.3 is 0 Å². The summed E-state index contributed by atoms with van der Waals surface area (Å²) < 4.78 is 35.1. The Morgan fingerprint density at radius 3 is 0.872 bits per heavy atom. The van der Waals surface area contributed by atoms with Gasteiger partial charge in [0, 0.05) is 63.0 Å². The van der Waals surface area contributed by atoms with Crippen molar-refractivity contribution in [1.29, 1.82) is 0 Å². The van der Waals surface area contributed by atoms with Crippen LogP contribution >= 0.6 is 31.4 Å². The van der Waals surface area contributed by atoms with E-state index in [2.05, 4.69) is 45.3 Å². The maximum atomic E-state index is 5.85. The van der Waals surface area contributed by atoms with Gasteiger partial charge in [-0.05, 0) is 89.9 Å². The van der Waals surface area contributed by atoms with Crippen LogP contribution in [0.3, 0.4) is 0 Å². The second kappa shape index (κ2) is 33.9. The van der Waals surface area contributed by atoms with Gasteiger partial charge in [0.25, 0.3) is 11.9 Å². The molecule has 0 aromatic heterocycles. The van der Waals surface area contributed by atoms with Crippen LogP contribution in [-0.2, 0) is 28.4 Å². The molecule has 0 aromatic carbocycles. The Hall–Kier alpha value is 0.810. The third kappa shape index (κ3) is 25.4. The molecule has 9 heteroatoms. The Morgan fingerprint density at radius 2 is 0.617 bits per heavy atom. The Balaban J connectivity index is 3.93. The zero-order valence-corrected chi connectivity index (χ0v) is 34.7. The van der Waals surface area contributed by atoms with E-state index in [4.69, 9.17) is 28.4 Å². The predicted octanol–water partition coefficient (Wildman–Crippen LogP) is 13.1. The lowest BCUT2D eigenvalue weighted by Crippen LogP contribution is -2.39. The summed E-state index contributed by atoms with van der Waals surface area (Å²) in [6.07, 6.45) is 24.9. The van der Waals surface area contributed by atoms with Crippen molar-refractivity contribution in [2.24, 2.45) is 0 Å². The molecule has 0 saturated carbocycles. The fourth-order valence-electron chi connectivity index (χ4n) is 5.97. The first-order valence-corrected chi connectivity index (χ1v) is 23.4. The molecule has 0 heterocycles. The molecule has 0 saturated heterocycles. The number of ether oxygens (including phenoxy) is 6. The van der Waals surface area contributed by atoms with Gasteiger partial charge < -0.3 is 28.4 Å². The molecule has 47 heavy (non-hydrogen) atoms.